The number of aromatic nitrogens is 2. The van der Waals surface area contributed by atoms with Gasteiger partial charge in [0, 0.05) is 7.05 Å². The number of alkyl halides is 3. The van der Waals surface area contributed by atoms with Crippen LogP contribution in [0.1, 0.15) is 15.2 Å². The van der Waals surface area contributed by atoms with E-state index in [1.807, 2.05) is 0 Å². The predicted octanol–water partition coefficient (Wildman–Crippen LogP) is 1.44. The first kappa shape index (κ1) is 14.5. The third-order valence-corrected chi connectivity index (χ3v) is 4.18. The van der Waals surface area contributed by atoms with Crippen LogP contribution >= 0.6 is 11.3 Å². The summed E-state index contributed by atoms with van der Waals surface area (Å²) in [5.41, 5.74) is -1.79. The Morgan fingerprint density at radius 2 is 1.90 bits per heavy atom. The molecule has 2 rings (SSSR count). The van der Waals surface area contributed by atoms with Crippen molar-refractivity contribution >= 4 is 27.8 Å². The van der Waals surface area contributed by atoms with E-state index in [0.29, 0.717) is 6.29 Å². The Morgan fingerprint density at radius 3 is 2.40 bits per heavy atom. The lowest BCUT2D eigenvalue weighted by atomic mass is 10.2. The second kappa shape index (κ2) is 4.58. The summed E-state index contributed by atoms with van der Waals surface area (Å²) in [6.07, 6.45) is -4.17. The molecule has 0 saturated carbocycles. The lowest BCUT2D eigenvalue weighted by molar-refractivity contribution is -0.141. The molecule has 0 aliphatic heterocycles. The van der Waals surface area contributed by atoms with Crippen LogP contribution < -0.4 is 11.2 Å². The van der Waals surface area contributed by atoms with Crippen molar-refractivity contribution in [2.24, 2.45) is 7.05 Å². The SMILES string of the molecule is Cc1c(C=O)sc2c1c(=O)n(CC(F)(F)F)c(=O)n2C. The molecule has 0 N–H and O–H groups in total. The second-order valence-electron chi connectivity index (χ2n) is 4.24. The van der Waals surface area contributed by atoms with E-state index in [-0.39, 0.29) is 25.2 Å². The standard InChI is InChI=1S/C11H9F3N2O3S/c1-5-6(3-17)20-9-7(5)8(18)16(4-11(12,13)14)10(19)15(9)2/h3H,4H2,1-2H3. The lowest BCUT2D eigenvalue weighted by Gasteiger charge is -2.10. The molecule has 2 heterocycles. The van der Waals surface area contributed by atoms with Crippen LogP contribution in [-0.4, -0.2) is 21.6 Å². The third-order valence-electron chi connectivity index (χ3n) is 2.89. The predicted molar refractivity (Wildman–Crippen MR) is 67.5 cm³/mol. The largest absolute Gasteiger partial charge is 0.406 e. The number of carbonyl (C=O) groups excluding carboxylic acids is 1. The number of rotatable bonds is 2. The van der Waals surface area contributed by atoms with E-state index in [1.165, 1.54) is 14.0 Å². The van der Waals surface area contributed by atoms with Crippen LogP contribution in [0.15, 0.2) is 9.59 Å². The number of aryl methyl sites for hydroxylation is 2. The van der Waals surface area contributed by atoms with Crippen LogP contribution in [0, 0.1) is 6.92 Å². The molecule has 9 heteroatoms. The number of carbonyl (C=O) groups is 1. The maximum Gasteiger partial charge on any atom is 0.406 e. The molecule has 0 aliphatic carbocycles. The van der Waals surface area contributed by atoms with Gasteiger partial charge in [0.15, 0.2) is 6.29 Å². The van der Waals surface area contributed by atoms with Gasteiger partial charge in [-0.3, -0.25) is 18.7 Å². The minimum Gasteiger partial charge on any atom is -0.297 e. The highest BCUT2D eigenvalue weighted by Gasteiger charge is 2.31. The number of thiophene rings is 1. The Morgan fingerprint density at radius 1 is 1.30 bits per heavy atom. The molecule has 0 bridgehead atoms. The van der Waals surface area contributed by atoms with Crippen LogP contribution in [0.25, 0.3) is 10.2 Å². The van der Waals surface area contributed by atoms with Gasteiger partial charge in [-0.15, -0.1) is 11.3 Å². The van der Waals surface area contributed by atoms with Crippen LogP contribution in [0.3, 0.4) is 0 Å². The van der Waals surface area contributed by atoms with Gasteiger partial charge >= 0.3 is 11.9 Å². The quantitative estimate of drug-likeness (QED) is 0.789. The first-order chi connectivity index (χ1) is 9.17. The third kappa shape index (κ3) is 2.17. The van der Waals surface area contributed by atoms with Gasteiger partial charge in [0.2, 0.25) is 0 Å². The topological polar surface area (TPSA) is 61.1 Å². The van der Waals surface area contributed by atoms with Crippen LogP contribution in [-0.2, 0) is 13.6 Å². The van der Waals surface area contributed by atoms with E-state index in [0.717, 1.165) is 15.9 Å². The van der Waals surface area contributed by atoms with Gasteiger partial charge in [-0.1, -0.05) is 0 Å². The molecule has 0 unspecified atom stereocenters. The first-order valence-corrected chi connectivity index (χ1v) is 6.24. The van der Waals surface area contributed by atoms with E-state index >= 15 is 0 Å². The molecule has 20 heavy (non-hydrogen) atoms. The van der Waals surface area contributed by atoms with Crippen molar-refractivity contribution in [3.8, 4) is 0 Å². The van der Waals surface area contributed by atoms with Crippen molar-refractivity contribution in [1.82, 2.24) is 9.13 Å². The normalized spacial score (nSPS) is 12.1. The molecule has 0 spiro atoms. The summed E-state index contributed by atoms with van der Waals surface area (Å²) in [7, 11) is 1.27. The molecule has 0 saturated heterocycles. The number of hydrogen-bond acceptors (Lipinski definition) is 4. The molecule has 0 radical (unpaired) electrons. The minimum atomic E-state index is -4.68. The van der Waals surface area contributed by atoms with Crippen LogP contribution in [0.2, 0.25) is 0 Å². The van der Waals surface area contributed by atoms with Crippen molar-refractivity contribution in [2.75, 3.05) is 0 Å². The smallest absolute Gasteiger partial charge is 0.297 e. The monoisotopic (exact) mass is 306 g/mol. The highest BCUT2D eigenvalue weighted by atomic mass is 32.1. The number of halogens is 3. The average molecular weight is 306 g/mol. The van der Waals surface area contributed by atoms with Crippen LogP contribution in [0.5, 0.6) is 0 Å². The van der Waals surface area contributed by atoms with E-state index < -0.39 is 24.0 Å². The van der Waals surface area contributed by atoms with Gasteiger partial charge in [-0.2, -0.15) is 13.2 Å². The summed E-state index contributed by atoms with van der Waals surface area (Å²) in [4.78, 5) is 35.2. The molecule has 108 valence electrons. The fourth-order valence-electron chi connectivity index (χ4n) is 1.92. The first-order valence-electron chi connectivity index (χ1n) is 5.42. The maximum atomic E-state index is 12.4. The van der Waals surface area contributed by atoms with Crippen molar-refractivity contribution in [2.45, 2.75) is 19.6 Å². The summed E-state index contributed by atoms with van der Waals surface area (Å²) >= 11 is 0.906. The minimum absolute atomic E-state index is 0.0246. The highest BCUT2D eigenvalue weighted by Crippen LogP contribution is 2.26. The van der Waals surface area contributed by atoms with Crippen LogP contribution in [0.4, 0.5) is 13.2 Å². The van der Waals surface area contributed by atoms with Gasteiger partial charge < -0.3 is 0 Å². The number of hydrogen-bond donors (Lipinski definition) is 0. The zero-order chi connectivity index (χ0) is 15.2. The van der Waals surface area contributed by atoms with Gasteiger partial charge in [-0.25, -0.2) is 4.79 Å². The molecular weight excluding hydrogens is 297 g/mol. The van der Waals surface area contributed by atoms with Crippen molar-refractivity contribution in [1.29, 1.82) is 0 Å². The Kier molecular flexibility index (Phi) is 3.32. The maximum absolute atomic E-state index is 12.4. The summed E-state index contributed by atoms with van der Waals surface area (Å²) in [6, 6.07) is 0. The Labute approximate surface area is 113 Å². The summed E-state index contributed by atoms with van der Waals surface area (Å²) in [5.74, 6) is 0. The molecule has 2 aromatic heterocycles. The summed E-state index contributed by atoms with van der Waals surface area (Å²) in [6.45, 7) is -0.188. The van der Waals surface area contributed by atoms with Gasteiger partial charge in [0.1, 0.15) is 11.4 Å². The number of aldehydes is 1. The van der Waals surface area contributed by atoms with E-state index in [2.05, 4.69) is 0 Å². The Balaban J connectivity index is 2.93. The van der Waals surface area contributed by atoms with Crippen molar-refractivity contribution in [3.63, 3.8) is 0 Å². The molecule has 0 aromatic carbocycles. The Bertz CT molecular complexity index is 813. The second-order valence-corrected chi connectivity index (χ2v) is 5.27. The molecular formula is C11H9F3N2O3S. The molecule has 2 aromatic rings. The lowest BCUT2D eigenvalue weighted by Crippen LogP contribution is -2.42. The van der Waals surface area contributed by atoms with Crippen molar-refractivity contribution < 1.29 is 18.0 Å². The number of fused-ring (bicyclic) bond motifs is 1. The fourth-order valence-corrected chi connectivity index (χ4v) is 2.99. The average Bonchev–Trinajstić information content (AvgIpc) is 2.68. The van der Waals surface area contributed by atoms with Gasteiger partial charge in [-0.05, 0) is 12.5 Å². The van der Waals surface area contributed by atoms with Gasteiger partial charge in [0.05, 0.1) is 10.3 Å². The molecule has 0 amide bonds. The highest BCUT2D eigenvalue weighted by molar-refractivity contribution is 7.20. The molecule has 0 fully saturated rings. The fraction of sp³-hybridized carbons (Fsp3) is 0.364. The molecule has 5 nitrogen and oxygen atoms in total. The van der Waals surface area contributed by atoms with E-state index in [4.69, 9.17) is 0 Å². The van der Waals surface area contributed by atoms with E-state index in [1.54, 1.807) is 0 Å². The van der Waals surface area contributed by atoms with Gasteiger partial charge in [0.25, 0.3) is 5.56 Å². The zero-order valence-corrected chi connectivity index (χ0v) is 11.3. The molecule has 0 aliphatic rings. The zero-order valence-electron chi connectivity index (χ0n) is 10.4. The number of nitrogens with zero attached hydrogens (tertiary/aromatic N) is 2. The summed E-state index contributed by atoms with van der Waals surface area (Å²) < 4.78 is 38.4. The molecule has 0 atom stereocenters. The Hall–Kier alpha value is -1.90. The van der Waals surface area contributed by atoms with E-state index in [9.17, 15) is 27.6 Å². The van der Waals surface area contributed by atoms with Crippen molar-refractivity contribution in [3.05, 3.63) is 31.3 Å². The summed E-state index contributed by atoms with van der Waals surface area (Å²) in [5, 5.41) is -0.0246.